The highest BCUT2D eigenvalue weighted by molar-refractivity contribution is 7.85. The van der Waals surface area contributed by atoms with Gasteiger partial charge in [-0.3, -0.25) is 9.00 Å². The number of esters is 1. The van der Waals surface area contributed by atoms with Gasteiger partial charge in [-0.25, -0.2) is 4.79 Å². The molecule has 6 heteroatoms. The number of hydrogen-bond donors (Lipinski definition) is 1. The Morgan fingerprint density at radius 3 is 2.35 bits per heavy atom. The zero-order chi connectivity index (χ0) is 19.1. The summed E-state index contributed by atoms with van der Waals surface area (Å²) in [7, 11) is -1.28. The number of rotatable bonds is 7. The Kier molecular flexibility index (Phi) is 7.09. The standard InChI is InChI=1S/C20H23NO4S/c1-4-26(24)18-8-6-5-7-17(18)20(23)25-13-19(22)21-16-11-9-15(10-12-16)14(2)3/h5-12,14H,4,13H2,1-3H3,(H,21,22)/t26-/m1/s1. The van der Waals surface area contributed by atoms with Crippen LogP contribution in [0.5, 0.6) is 0 Å². The Morgan fingerprint density at radius 2 is 1.73 bits per heavy atom. The van der Waals surface area contributed by atoms with Crippen LogP contribution in [0.2, 0.25) is 0 Å². The van der Waals surface area contributed by atoms with E-state index in [2.05, 4.69) is 19.2 Å². The summed E-state index contributed by atoms with van der Waals surface area (Å²) in [4.78, 5) is 24.6. The molecule has 0 aliphatic carbocycles. The number of nitrogens with one attached hydrogen (secondary N) is 1. The van der Waals surface area contributed by atoms with Crippen LogP contribution in [-0.4, -0.2) is 28.4 Å². The predicted octanol–water partition coefficient (Wildman–Crippen LogP) is 3.73. The number of ether oxygens (including phenoxy) is 1. The van der Waals surface area contributed by atoms with Gasteiger partial charge in [0.25, 0.3) is 5.91 Å². The summed E-state index contributed by atoms with van der Waals surface area (Å²) in [5.41, 5.74) is 2.04. The summed E-state index contributed by atoms with van der Waals surface area (Å²) in [5.74, 6) is -0.274. The first-order valence-corrected chi connectivity index (χ1v) is 9.78. The van der Waals surface area contributed by atoms with E-state index in [-0.39, 0.29) is 5.56 Å². The highest BCUT2D eigenvalue weighted by Crippen LogP contribution is 2.17. The lowest BCUT2D eigenvalue weighted by Crippen LogP contribution is -2.21. The summed E-state index contributed by atoms with van der Waals surface area (Å²) in [6, 6.07) is 14.1. The first-order valence-electron chi connectivity index (χ1n) is 8.46. The lowest BCUT2D eigenvalue weighted by molar-refractivity contribution is -0.119. The molecule has 26 heavy (non-hydrogen) atoms. The molecule has 1 amide bonds. The second-order valence-corrected chi connectivity index (χ2v) is 7.74. The van der Waals surface area contributed by atoms with Gasteiger partial charge < -0.3 is 10.1 Å². The SMILES string of the molecule is CC[S@@](=O)c1ccccc1C(=O)OCC(=O)Nc1ccc(C(C)C)cc1. The average molecular weight is 373 g/mol. The van der Waals surface area contributed by atoms with Crippen LogP contribution < -0.4 is 5.32 Å². The highest BCUT2D eigenvalue weighted by atomic mass is 32.2. The minimum absolute atomic E-state index is 0.224. The molecule has 0 aliphatic rings. The van der Waals surface area contributed by atoms with Crippen molar-refractivity contribution in [2.24, 2.45) is 0 Å². The summed E-state index contributed by atoms with van der Waals surface area (Å²) >= 11 is 0. The van der Waals surface area contributed by atoms with Crippen molar-refractivity contribution in [1.82, 2.24) is 0 Å². The van der Waals surface area contributed by atoms with Crippen molar-refractivity contribution in [2.45, 2.75) is 31.6 Å². The van der Waals surface area contributed by atoms with Gasteiger partial charge in [-0.05, 0) is 35.7 Å². The van der Waals surface area contributed by atoms with Crippen molar-refractivity contribution in [3.05, 3.63) is 59.7 Å². The van der Waals surface area contributed by atoms with Crippen LogP contribution in [0.4, 0.5) is 5.69 Å². The van der Waals surface area contributed by atoms with E-state index in [0.717, 1.165) is 0 Å². The van der Waals surface area contributed by atoms with Gasteiger partial charge in [-0.1, -0.05) is 45.0 Å². The number of carbonyl (C=O) groups excluding carboxylic acids is 2. The van der Waals surface area contributed by atoms with Crippen LogP contribution >= 0.6 is 0 Å². The molecule has 0 saturated heterocycles. The third-order valence-electron chi connectivity index (χ3n) is 3.81. The molecule has 0 aromatic heterocycles. The van der Waals surface area contributed by atoms with E-state index in [1.807, 2.05) is 24.3 Å². The molecule has 0 fully saturated rings. The largest absolute Gasteiger partial charge is 0.452 e. The number of benzene rings is 2. The number of anilines is 1. The molecule has 0 heterocycles. The van der Waals surface area contributed by atoms with Crippen molar-refractivity contribution < 1.29 is 18.5 Å². The van der Waals surface area contributed by atoms with Gasteiger partial charge in [0.05, 0.1) is 21.3 Å². The van der Waals surface area contributed by atoms with Crippen LogP contribution in [0, 0.1) is 0 Å². The van der Waals surface area contributed by atoms with E-state index in [9.17, 15) is 13.8 Å². The van der Waals surface area contributed by atoms with Crippen LogP contribution in [0.15, 0.2) is 53.4 Å². The lowest BCUT2D eigenvalue weighted by Gasteiger charge is -2.10. The monoisotopic (exact) mass is 373 g/mol. The fraction of sp³-hybridized carbons (Fsp3) is 0.300. The van der Waals surface area contributed by atoms with Crippen LogP contribution in [0.3, 0.4) is 0 Å². The molecule has 2 aromatic carbocycles. The minimum Gasteiger partial charge on any atom is -0.452 e. The van der Waals surface area contributed by atoms with E-state index < -0.39 is 29.3 Å². The maximum atomic E-state index is 12.2. The van der Waals surface area contributed by atoms with Crippen molar-refractivity contribution in [3.63, 3.8) is 0 Å². The van der Waals surface area contributed by atoms with Crippen molar-refractivity contribution >= 4 is 28.4 Å². The molecule has 1 N–H and O–H groups in total. The molecule has 0 radical (unpaired) electrons. The predicted molar refractivity (Wildman–Crippen MR) is 103 cm³/mol. The Hall–Kier alpha value is -2.47. The molecule has 5 nitrogen and oxygen atoms in total. The molecule has 0 aliphatic heterocycles. The minimum atomic E-state index is -1.28. The fourth-order valence-corrected chi connectivity index (χ4v) is 3.28. The maximum Gasteiger partial charge on any atom is 0.339 e. The van der Waals surface area contributed by atoms with Crippen LogP contribution in [-0.2, 0) is 20.3 Å². The van der Waals surface area contributed by atoms with Gasteiger partial charge in [-0.15, -0.1) is 0 Å². The Bertz CT molecular complexity index is 800. The van der Waals surface area contributed by atoms with Crippen molar-refractivity contribution in [1.29, 1.82) is 0 Å². The van der Waals surface area contributed by atoms with Crippen LogP contribution in [0.25, 0.3) is 0 Å². The Morgan fingerprint density at radius 1 is 1.08 bits per heavy atom. The molecule has 2 aromatic rings. The van der Waals surface area contributed by atoms with Gasteiger partial charge in [0.2, 0.25) is 0 Å². The third-order valence-corrected chi connectivity index (χ3v) is 5.18. The quantitative estimate of drug-likeness (QED) is 0.751. The molecule has 1 atom stereocenters. The van der Waals surface area contributed by atoms with Gasteiger partial charge in [0, 0.05) is 11.4 Å². The Labute approximate surface area is 156 Å². The first-order chi connectivity index (χ1) is 12.4. The van der Waals surface area contributed by atoms with E-state index in [1.165, 1.54) is 5.56 Å². The second-order valence-electron chi connectivity index (χ2n) is 6.03. The maximum absolute atomic E-state index is 12.2. The van der Waals surface area contributed by atoms with Gasteiger partial charge in [0.1, 0.15) is 0 Å². The number of hydrogen-bond acceptors (Lipinski definition) is 4. The summed E-state index contributed by atoms with van der Waals surface area (Å²) < 4.78 is 17.1. The molecule has 0 bridgehead atoms. The Balaban J connectivity index is 1.95. The summed E-state index contributed by atoms with van der Waals surface area (Å²) in [6.07, 6.45) is 0. The third kappa shape index (κ3) is 5.26. The summed E-state index contributed by atoms with van der Waals surface area (Å²) in [5, 5.41) is 2.69. The molecule has 0 spiro atoms. The summed E-state index contributed by atoms with van der Waals surface area (Å²) in [6.45, 7) is 5.56. The van der Waals surface area contributed by atoms with E-state index >= 15 is 0 Å². The molecule has 2 rings (SSSR count). The van der Waals surface area contributed by atoms with E-state index in [1.54, 1.807) is 31.2 Å². The van der Waals surface area contributed by atoms with Gasteiger partial charge >= 0.3 is 5.97 Å². The van der Waals surface area contributed by atoms with Gasteiger partial charge in [-0.2, -0.15) is 0 Å². The zero-order valence-corrected chi connectivity index (χ0v) is 16.0. The number of amides is 1. The normalized spacial score (nSPS) is 11.8. The van der Waals surface area contributed by atoms with Crippen molar-refractivity contribution in [2.75, 3.05) is 17.7 Å². The first kappa shape index (κ1) is 19.8. The molecule has 0 unspecified atom stereocenters. The molecule has 138 valence electrons. The topological polar surface area (TPSA) is 72.5 Å². The van der Waals surface area contributed by atoms with E-state index in [4.69, 9.17) is 4.74 Å². The second kappa shape index (κ2) is 9.29. The van der Waals surface area contributed by atoms with E-state index in [0.29, 0.717) is 22.3 Å². The lowest BCUT2D eigenvalue weighted by atomic mass is 10.0. The number of carbonyl (C=O) groups is 2. The molecular formula is C20H23NO4S. The van der Waals surface area contributed by atoms with Crippen LogP contribution in [0.1, 0.15) is 42.6 Å². The zero-order valence-electron chi connectivity index (χ0n) is 15.2. The average Bonchev–Trinajstić information content (AvgIpc) is 2.65. The van der Waals surface area contributed by atoms with Crippen molar-refractivity contribution in [3.8, 4) is 0 Å². The fourth-order valence-electron chi connectivity index (χ4n) is 2.35. The smallest absolute Gasteiger partial charge is 0.339 e. The highest BCUT2D eigenvalue weighted by Gasteiger charge is 2.17. The molecular weight excluding hydrogens is 350 g/mol. The van der Waals surface area contributed by atoms with Gasteiger partial charge in [0.15, 0.2) is 6.61 Å². The molecule has 0 saturated carbocycles.